The molecule has 0 bridgehead atoms. The molecule has 3 nitrogen and oxygen atoms in total. The van der Waals surface area contributed by atoms with E-state index in [0.29, 0.717) is 13.1 Å². The van der Waals surface area contributed by atoms with Gasteiger partial charge in [0.25, 0.3) is 0 Å². The largest absolute Gasteiger partial charge is 0.392 e. The number of halogens is 1. The van der Waals surface area contributed by atoms with Gasteiger partial charge in [0.2, 0.25) is 0 Å². The molecule has 0 aliphatic heterocycles. The number of aliphatic hydroxyl groups is 1. The van der Waals surface area contributed by atoms with Crippen LogP contribution in [0, 0.1) is 5.82 Å². The third-order valence-corrected chi connectivity index (χ3v) is 2.36. The van der Waals surface area contributed by atoms with E-state index in [9.17, 15) is 9.50 Å². The van der Waals surface area contributed by atoms with Crippen LogP contribution in [0.2, 0.25) is 0 Å². The number of aliphatic hydroxyl groups excluding tert-OH is 1. The van der Waals surface area contributed by atoms with Crippen LogP contribution in [0.4, 0.5) is 10.1 Å². The zero-order chi connectivity index (χ0) is 12.1. The van der Waals surface area contributed by atoms with E-state index >= 15 is 0 Å². The molecule has 2 N–H and O–H groups in total. The predicted molar refractivity (Wildman–Crippen MR) is 64.1 cm³/mol. The molecule has 0 amide bonds. The summed E-state index contributed by atoms with van der Waals surface area (Å²) in [7, 11) is 3.71. The van der Waals surface area contributed by atoms with Crippen molar-refractivity contribution in [2.75, 3.05) is 25.5 Å². The molecule has 1 rings (SSSR count). The third-order valence-electron chi connectivity index (χ3n) is 2.36. The van der Waals surface area contributed by atoms with Crippen molar-refractivity contribution in [3.05, 3.63) is 29.6 Å². The highest BCUT2D eigenvalue weighted by Gasteiger charge is 2.09. The summed E-state index contributed by atoms with van der Waals surface area (Å²) in [6, 6.07) is 4.70. The average molecular weight is 226 g/mol. The number of hydrogen-bond donors (Lipinski definition) is 2. The summed E-state index contributed by atoms with van der Waals surface area (Å²) in [6.07, 6.45) is -0.405. The van der Waals surface area contributed by atoms with Crippen molar-refractivity contribution in [3.63, 3.8) is 0 Å². The molecule has 90 valence electrons. The van der Waals surface area contributed by atoms with Crippen molar-refractivity contribution in [2.24, 2.45) is 0 Å². The standard InChI is InChI=1S/C12H19FN2O/c1-9(16)8-15(3)12-5-4-11(13)6-10(12)7-14-2/h4-6,9,14,16H,7-8H2,1-3H3. The predicted octanol–water partition coefficient (Wildman–Crippen LogP) is 1.36. The van der Waals surface area contributed by atoms with Crippen molar-refractivity contribution in [1.82, 2.24) is 5.32 Å². The highest BCUT2D eigenvalue weighted by atomic mass is 19.1. The molecule has 0 aromatic heterocycles. The Labute approximate surface area is 95.9 Å². The molecule has 4 heteroatoms. The molecule has 0 radical (unpaired) electrons. The summed E-state index contributed by atoms with van der Waals surface area (Å²) >= 11 is 0. The minimum absolute atomic E-state index is 0.237. The van der Waals surface area contributed by atoms with Gasteiger partial charge in [-0.3, -0.25) is 0 Å². The molecule has 16 heavy (non-hydrogen) atoms. The fraction of sp³-hybridized carbons (Fsp3) is 0.500. The molecule has 1 aromatic carbocycles. The number of anilines is 1. The minimum atomic E-state index is -0.405. The smallest absolute Gasteiger partial charge is 0.123 e. The molecule has 0 fully saturated rings. The normalized spacial score (nSPS) is 12.6. The molecular weight excluding hydrogens is 207 g/mol. The second-order valence-corrected chi connectivity index (χ2v) is 4.03. The number of likely N-dealkylation sites (N-methyl/N-ethyl adjacent to an activating group) is 1. The molecule has 0 spiro atoms. The van der Waals surface area contributed by atoms with E-state index in [1.54, 1.807) is 13.0 Å². The fourth-order valence-electron chi connectivity index (χ4n) is 1.75. The van der Waals surface area contributed by atoms with Gasteiger partial charge in [-0.05, 0) is 37.7 Å². The first kappa shape index (κ1) is 12.9. The number of nitrogens with one attached hydrogen (secondary N) is 1. The number of benzene rings is 1. The van der Waals surface area contributed by atoms with Gasteiger partial charge in [0.15, 0.2) is 0 Å². The molecule has 0 saturated carbocycles. The van der Waals surface area contributed by atoms with Crippen LogP contribution < -0.4 is 10.2 Å². The second-order valence-electron chi connectivity index (χ2n) is 4.03. The summed E-state index contributed by atoms with van der Waals surface area (Å²) in [5, 5.41) is 12.3. The fourth-order valence-corrected chi connectivity index (χ4v) is 1.75. The van der Waals surface area contributed by atoms with Gasteiger partial charge in [0, 0.05) is 25.8 Å². The lowest BCUT2D eigenvalue weighted by Gasteiger charge is -2.23. The van der Waals surface area contributed by atoms with Crippen molar-refractivity contribution < 1.29 is 9.50 Å². The number of hydrogen-bond acceptors (Lipinski definition) is 3. The Balaban J connectivity index is 2.92. The van der Waals surface area contributed by atoms with Crippen molar-refractivity contribution in [1.29, 1.82) is 0 Å². The molecule has 0 aliphatic rings. The van der Waals surface area contributed by atoms with Gasteiger partial charge in [-0.1, -0.05) is 0 Å². The Hall–Kier alpha value is -1.13. The summed E-state index contributed by atoms with van der Waals surface area (Å²) < 4.78 is 13.1. The van der Waals surface area contributed by atoms with Crippen LogP contribution in [0.3, 0.4) is 0 Å². The zero-order valence-electron chi connectivity index (χ0n) is 10.00. The summed E-state index contributed by atoms with van der Waals surface area (Å²) in [5.74, 6) is -0.237. The van der Waals surface area contributed by atoms with E-state index in [0.717, 1.165) is 11.3 Å². The van der Waals surface area contributed by atoms with E-state index in [-0.39, 0.29) is 5.82 Å². The first-order valence-electron chi connectivity index (χ1n) is 5.36. The van der Waals surface area contributed by atoms with Gasteiger partial charge in [0.1, 0.15) is 5.82 Å². The quantitative estimate of drug-likeness (QED) is 0.796. The maximum absolute atomic E-state index is 13.1. The van der Waals surface area contributed by atoms with Crippen molar-refractivity contribution in [2.45, 2.75) is 19.6 Å². The number of rotatable bonds is 5. The highest BCUT2D eigenvalue weighted by Crippen LogP contribution is 2.20. The van der Waals surface area contributed by atoms with Crippen molar-refractivity contribution in [3.8, 4) is 0 Å². The topological polar surface area (TPSA) is 35.5 Å². The van der Waals surface area contributed by atoms with E-state index in [1.807, 2.05) is 19.0 Å². The molecule has 1 unspecified atom stereocenters. The van der Waals surface area contributed by atoms with Crippen LogP contribution in [0.25, 0.3) is 0 Å². The summed E-state index contributed by atoms with van der Waals surface area (Å²) in [6.45, 7) is 2.87. The third kappa shape index (κ3) is 3.47. The Bertz CT molecular complexity index is 342. The van der Waals surface area contributed by atoms with Gasteiger partial charge in [-0.15, -0.1) is 0 Å². The maximum Gasteiger partial charge on any atom is 0.123 e. The van der Waals surface area contributed by atoms with Crippen molar-refractivity contribution >= 4 is 5.69 Å². The zero-order valence-corrected chi connectivity index (χ0v) is 10.00. The van der Waals surface area contributed by atoms with Crippen LogP contribution >= 0.6 is 0 Å². The molecule has 1 aromatic rings. The highest BCUT2D eigenvalue weighted by molar-refractivity contribution is 5.53. The lowest BCUT2D eigenvalue weighted by Crippen LogP contribution is -2.28. The van der Waals surface area contributed by atoms with E-state index < -0.39 is 6.10 Å². The van der Waals surface area contributed by atoms with Gasteiger partial charge >= 0.3 is 0 Å². The Morgan fingerprint density at radius 3 is 2.75 bits per heavy atom. The molecule has 1 atom stereocenters. The second kappa shape index (κ2) is 5.82. The van der Waals surface area contributed by atoms with Gasteiger partial charge in [-0.2, -0.15) is 0 Å². The molecule has 0 aliphatic carbocycles. The number of nitrogens with zero attached hydrogens (tertiary/aromatic N) is 1. The summed E-state index contributed by atoms with van der Waals surface area (Å²) in [4.78, 5) is 1.93. The van der Waals surface area contributed by atoms with Gasteiger partial charge < -0.3 is 15.3 Å². The lowest BCUT2D eigenvalue weighted by atomic mass is 10.1. The molecule has 0 saturated heterocycles. The Morgan fingerprint density at radius 2 is 2.19 bits per heavy atom. The van der Waals surface area contributed by atoms with E-state index in [2.05, 4.69) is 5.32 Å². The summed E-state index contributed by atoms with van der Waals surface area (Å²) in [5.41, 5.74) is 1.84. The van der Waals surface area contributed by atoms with E-state index in [4.69, 9.17) is 0 Å². The monoisotopic (exact) mass is 226 g/mol. The van der Waals surface area contributed by atoms with Gasteiger partial charge in [-0.25, -0.2) is 4.39 Å². The minimum Gasteiger partial charge on any atom is -0.392 e. The molecular formula is C12H19FN2O. The van der Waals surface area contributed by atoms with Crippen LogP contribution in [-0.2, 0) is 6.54 Å². The molecule has 0 heterocycles. The van der Waals surface area contributed by atoms with Crippen LogP contribution in [0.1, 0.15) is 12.5 Å². The van der Waals surface area contributed by atoms with Crippen LogP contribution in [-0.4, -0.2) is 31.9 Å². The van der Waals surface area contributed by atoms with E-state index in [1.165, 1.54) is 12.1 Å². The maximum atomic E-state index is 13.1. The Kier molecular flexibility index (Phi) is 4.71. The van der Waals surface area contributed by atoms with Crippen LogP contribution in [0.15, 0.2) is 18.2 Å². The average Bonchev–Trinajstić information content (AvgIpc) is 2.17. The lowest BCUT2D eigenvalue weighted by molar-refractivity contribution is 0.201. The first-order valence-corrected chi connectivity index (χ1v) is 5.36. The Morgan fingerprint density at radius 1 is 1.50 bits per heavy atom. The SMILES string of the molecule is CNCc1cc(F)ccc1N(C)CC(C)O. The van der Waals surface area contributed by atoms with Gasteiger partial charge in [0.05, 0.1) is 6.10 Å². The first-order chi connectivity index (χ1) is 7.54. The van der Waals surface area contributed by atoms with Crippen LogP contribution in [0.5, 0.6) is 0 Å².